The Labute approximate surface area is 159 Å². The summed E-state index contributed by atoms with van der Waals surface area (Å²) in [6, 6.07) is 9.78. The molecule has 1 rings (SSSR count). The van der Waals surface area contributed by atoms with Crippen molar-refractivity contribution < 1.29 is 19.7 Å². The summed E-state index contributed by atoms with van der Waals surface area (Å²) < 4.78 is 11.9. The molecule has 2 N–H and O–H groups in total. The van der Waals surface area contributed by atoms with Gasteiger partial charge in [0.15, 0.2) is 0 Å². The van der Waals surface area contributed by atoms with E-state index in [0.29, 0.717) is 6.61 Å². The van der Waals surface area contributed by atoms with E-state index in [1.54, 1.807) is 13.3 Å². The van der Waals surface area contributed by atoms with Crippen LogP contribution in [0.25, 0.3) is 0 Å². The third-order valence-corrected chi connectivity index (χ3v) is 4.46. The lowest BCUT2D eigenvalue weighted by Gasteiger charge is -2.24. The zero-order valence-electron chi connectivity index (χ0n) is 16.5. The average molecular weight is 366 g/mol. The highest BCUT2D eigenvalue weighted by atomic mass is 16.5. The molecule has 0 spiro atoms. The monoisotopic (exact) mass is 365 g/mol. The Hall–Kier alpha value is -1.10. The maximum absolute atomic E-state index is 9.75. The molecule has 0 saturated heterocycles. The number of hydrogen-bond acceptors (Lipinski definition) is 4. The summed E-state index contributed by atoms with van der Waals surface area (Å²) in [7, 11) is 0. The smallest absolute Gasteiger partial charge is 0.122 e. The molecule has 1 aromatic carbocycles. The normalized spacial score (nSPS) is 14.8. The zero-order valence-corrected chi connectivity index (χ0v) is 16.5. The molecule has 0 aliphatic carbocycles. The Morgan fingerprint density at radius 2 is 1.65 bits per heavy atom. The lowest BCUT2D eigenvalue weighted by molar-refractivity contribution is -0.0450. The molecule has 3 atom stereocenters. The van der Waals surface area contributed by atoms with Gasteiger partial charge in [0.05, 0.1) is 18.8 Å². The van der Waals surface area contributed by atoms with Crippen LogP contribution in [0.2, 0.25) is 0 Å². The topological polar surface area (TPSA) is 58.9 Å². The van der Waals surface area contributed by atoms with Crippen LogP contribution in [0.3, 0.4) is 0 Å². The largest absolute Gasteiger partial charge is 0.488 e. The van der Waals surface area contributed by atoms with Crippen molar-refractivity contribution in [2.75, 3.05) is 13.2 Å². The van der Waals surface area contributed by atoms with Gasteiger partial charge in [0.25, 0.3) is 0 Å². The van der Waals surface area contributed by atoms with Gasteiger partial charge in [-0.05, 0) is 31.9 Å². The van der Waals surface area contributed by atoms with Gasteiger partial charge in [0.2, 0.25) is 0 Å². The van der Waals surface area contributed by atoms with Crippen molar-refractivity contribution in [3.05, 3.63) is 36.8 Å². The second-order valence-corrected chi connectivity index (χ2v) is 6.92. The fourth-order valence-electron chi connectivity index (χ4n) is 2.92. The van der Waals surface area contributed by atoms with Crippen molar-refractivity contribution in [2.24, 2.45) is 0 Å². The van der Waals surface area contributed by atoms with Gasteiger partial charge in [-0.3, -0.25) is 0 Å². The first-order valence-corrected chi connectivity index (χ1v) is 10.1. The first kappa shape index (κ1) is 22.9. The summed E-state index contributed by atoms with van der Waals surface area (Å²) in [6.07, 6.45) is 10.2. The maximum atomic E-state index is 9.75. The fourth-order valence-corrected chi connectivity index (χ4v) is 2.92. The van der Waals surface area contributed by atoms with E-state index in [-0.39, 0.29) is 12.7 Å². The van der Waals surface area contributed by atoms with E-state index < -0.39 is 12.2 Å². The number of hydrogen-bond donors (Lipinski definition) is 2. The van der Waals surface area contributed by atoms with Crippen LogP contribution in [0.4, 0.5) is 0 Å². The van der Waals surface area contributed by atoms with Crippen LogP contribution >= 0.6 is 0 Å². The summed E-state index contributed by atoms with van der Waals surface area (Å²) in [5.74, 6) is 0.837. The molecule has 1 radical (unpaired) electrons. The molecule has 0 saturated carbocycles. The number of unbranched alkanes of at least 4 members (excludes halogenated alkanes) is 6. The average Bonchev–Trinajstić information content (AvgIpc) is 2.64. The predicted molar refractivity (Wildman–Crippen MR) is 106 cm³/mol. The van der Waals surface area contributed by atoms with E-state index in [1.165, 1.54) is 38.5 Å². The zero-order chi connectivity index (χ0) is 19.0. The Morgan fingerprint density at radius 1 is 1.00 bits per heavy atom. The molecule has 26 heavy (non-hydrogen) atoms. The molecule has 1 aromatic rings. The maximum Gasteiger partial charge on any atom is 0.122 e. The molecule has 0 aliphatic rings. The number of ether oxygens (including phenoxy) is 2. The van der Waals surface area contributed by atoms with Crippen molar-refractivity contribution in [2.45, 2.75) is 83.5 Å². The molecule has 0 amide bonds. The van der Waals surface area contributed by atoms with E-state index in [9.17, 15) is 5.11 Å². The number of benzene rings is 1. The Kier molecular flexibility index (Phi) is 13.2. The van der Waals surface area contributed by atoms with Crippen LogP contribution in [0.1, 0.15) is 65.2 Å². The van der Waals surface area contributed by atoms with E-state index >= 15 is 0 Å². The van der Waals surface area contributed by atoms with Crippen LogP contribution in [0, 0.1) is 6.42 Å². The predicted octanol–water partition coefficient (Wildman–Crippen LogP) is 4.54. The lowest BCUT2D eigenvalue weighted by atomic mass is 10.1. The van der Waals surface area contributed by atoms with Crippen LogP contribution in [0.15, 0.2) is 30.3 Å². The number of para-hydroxylation sites is 1. The molecule has 0 fully saturated rings. The number of rotatable bonds is 16. The van der Waals surface area contributed by atoms with E-state index in [2.05, 4.69) is 6.92 Å². The second kappa shape index (κ2) is 15.0. The second-order valence-electron chi connectivity index (χ2n) is 6.92. The van der Waals surface area contributed by atoms with Gasteiger partial charge in [0.1, 0.15) is 11.9 Å². The summed E-state index contributed by atoms with van der Waals surface area (Å²) in [5.41, 5.74) is 0. The highest BCUT2D eigenvalue weighted by molar-refractivity contribution is 5.21. The molecule has 0 aromatic heterocycles. The highest BCUT2D eigenvalue weighted by Crippen LogP contribution is 2.17. The van der Waals surface area contributed by atoms with Crippen LogP contribution in [-0.4, -0.2) is 41.7 Å². The molecule has 149 valence electrons. The summed E-state index contributed by atoms with van der Waals surface area (Å²) in [5, 5.41) is 18.8. The first-order valence-electron chi connectivity index (χ1n) is 10.1. The Morgan fingerprint density at radius 3 is 2.27 bits per heavy atom. The van der Waals surface area contributed by atoms with Gasteiger partial charge in [-0.15, -0.1) is 0 Å². The molecule has 0 aliphatic heterocycles. The Balaban J connectivity index is 2.42. The molecule has 4 heteroatoms. The lowest BCUT2D eigenvalue weighted by Crippen LogP contribution is -2.33. The summed E-state index contributed by atoms with van der Waals surface area (Å²) in [4.78, 5) is 0. The minimum Gasteiger partial charge on any atom is -0.488 e. The van der Waals surface area contributed by atoms with Crippen molar-refractivity contribution in [3.8, 4) is 5.75 Å². The number of aliphatic hydroxyl groups excluding tert-OH is 2. The third kappa shape index (κ3) is 10.8. The SMILES string of the molecule is CCCCCCCCCC(COC([CH]CO)C(C)O)Oc1ccccc1. The molecular formula is C22H37O4. The highest BCUT2D eigenvalue weighted by Gasteiger charge is 2.19. The molecule has 0 bridgehead atoms. The standard InChI is InChI=1S/C22H37O4/c1-3-4-5-6-7-8-10-15-21(26-20-13-11-9-12-14-20)18-25-22(16-17-23)19(2)24/h9,11-14,16,19,21-24H,3-8,10,15,17-18H2,1-2H3. The third-order valence-electron chi connectivity index (χ3n) is 4.46. The van der Waals surface area contributed by atoms with E-state index in [1.807, 2.05) is 30.3 Å². The number of aliphatic hydroxyl groups is 2. The van der Waals surface area contributed by atoms with Crippen LogP contribution in [-0.2, 0) is 4.74 Å². The Bertz CT molecular complexity index is 421. The van der Waals surface area contributed by atoms with Gasteiger partial charge in [-0.2, -0.15) is 0 Å². The van der Waals surface area contributed by atoms with Crippen molar-refractivity contribution >= 4 is 0 Å². The van der Waals surface area contributed by atoms with Crippen molar-refractivity contribution in [1.82, 2.24) is 0 Å². The fraction of sp³-hybridized carbons (Fsp3) is 0.682. The van der Waals surface area contributed by atoms with Gasteiger partial charge in [0, 0.05) is 13.0 Å². The molecule has 0 heterocycles. The summed E-state index contributed by atoms with van der Waals surface area (Å²) in [6.45, 7) is 4.19. The van der Waals surface area contributed by atoms with Gasteiger partial charge >= 0.3 is 0 Å². The van der Waals surface area contributed by atoms with Crippen molar-refractivity contribution in [3.63, 3.8) is 0 Å². The molecule has 3 unspecified atom stereocenters. The summed E-state index contributed by atoms with van der Waals surface area (Å²) >= 11 is 0. The molecule has 4 nitrogen and oxygen atoms in total. The van der Waals surface area contributed by atoms with Crippen molar-refractivity contribution in [1.29, 1.82) is 0 Å². The minimum atomic E-state index is -0.655. The van der Waals surface area contributed by atoms with Crippen LogP contribution in [0.5, 0.6) is 5.75 Å². The van der Waals surface area contributed by atoms with Gasteiger partial charge in [-0.1, -0.05) is 63.6 Å². The molecular weight excluding hydrogens is 328 g/mol. The minimum absolute atomic E-state index is 0.0543. The van der Waals surface area contributed by atoms with Crippen LogP contribution < -0.4 is 4.74 Å². The van der Waals surface area contributed by atoms with E-state index in [0.717, 1.165) is 18.6 Å². The quantitative estimate of drug-likeness (QED) is 0.422. The first-order chi connectivity index (χ1) is 12.7. The van der Waals surface area contributed by atoms with Gasteiger partial charge in [-0.25, -0.2) is 0 Å². The van der Waals surface area contributed by atoms with E-state index in [4.69, 9.17) is 14.6 Å². The van der Waals surface area contributed by atoms with Gasteiger partial charge < -0.3 is 19.7 Å².